The summed E-state index contributed by atoms with van der Waals surface area (Å²) in [4.78, 5) is 22.4. The molecular weight excluding hydrogens is 413 g/mol. The quantitative estimate of drug-likeness (QED) is 0.585. The number of fused-ring (bicyclic) bond motifs is 1. The molecule has 0 unspecified atom stereocenters. The van der Waals surface area contributed by atoms with E-state index >= 15 is 0 Å². The van der Waals surface area contributed by atoms with E-state index in [1.165, 1.54) is 25.0 Å². The van der Waals surface area contributed by atoms with Gasteiger partial charge in [-0.05, 0) is 31.0 Å². The van der Waals surface area contributed by atoms with Crippen molar-refractivity contribution in [2.75, 3.05) is 39.5 Å². The van der Waals surface area contributed by atoms with Crippen molar-refractivity contribution < 1.29 is 13.9 Å². The Balaban J connectivity index is 1.36. The lowest BCUT2D eigenvalue weighted by Crippen LogP contribution is -2.38. The number of ether oxygens (including phenoxy) is 2. The molecule has 3 heterocycles. The molecule has 170 valence electrons. The maximum absolute atomic E-state index is 14.0. The summed E-state index contributed by atoms with van der Waals surface area (Å²) in [5, 5.41) is 7.25. The molecule has 8 nitrogen and oxygen atoms in total. The van der Waals surface area contributed by atoms with Gasteiger partial charge < -0.3 is 14.5 Å². The second-order valence-electron chi connectivity index (χ2n) is 8.56. The number of hydrogen-bond donors (Lipinski definition) is 2. The van der Waals surface area contributed by atoms with Gasteiger partial charge in [-0.2, -0.15) is 5.10 Å². The summed E-state index contributed by atoms with van der Waals surface area (Å²) in [6.45, 7) is 4.52. The van der Waals surface area contributed by atoms with Crippen molar-refractivity contribution in [2.24, 2.45) is 0 Å². The number of halogens is 1. The maximum atomic E-state index is 14.0. The minimum Gasteiger partial charge on any atom is -0.492 e. The summed E-state index contributed by atoms with van der Waals surface area (Å²) in [5.41, 5.74) is 2.29. The highest BCUT2D eigenvalue weighted by molar-refractivity contribution is 5.76. The summed E-state index contributed by atoms with van der Waals surface area (Å²) in [7, 11) is 0. The van der Waals surface area contributed by atoms with Gasteiger partial charge in [0.2, 0.25) is 0 Å². The molecule has 1 saturated heterocycles. The molecule has 3 aromatic rings. The molecule has 1 aromatic carbocycles. The number of rotatable bonds is 7. The SMILES string of the molecule is O=c1[nH]c(Cc2cc(F)ccc2OCCN2CCOCC2)nc2c(C3CCCC3)n[nH]c12. The van der Waals surface area contributed by atoms with Gasteiger partial charge in [-0.3, -0.25) is 14.8 Å². The Kier molecular flexibility index (Phi) is 6.18. The first-order valence-corrected chi connectivity index (χ1v) is 11.4. The number of morpholine rings is 1. The van der Waals surface area contributed by atoms with Crippen molar-refractivity contribution in [3.8, 4) is 5.75 Å². The van der Waals surface area contributed by atoms with E-state index < -0.39 is 0 Å². The molecule has 0 bridgehead atoms. The molecule has 2 aliphatic rings. The molecule has 2 fully saturated rings. The maximum Gasteiger partial charge on any atom is 0.276 e. The van der Waals surface area contributed by atoms with Crippen LogP contribution in [-0.2, 0) is 11.2 Å². The lowest BCUT2D eigenvalue weighted by atomic mass is 10.0. The lowest BCUT2D eigenvalue weighted by molar-refractivity contribution is 0.0322. The summed E-state index contributed by atoms with van der Waals surface area (Å²) in [6, 6.07) is 4.48. The van der Waals surface area contributed by atoms with Crippen LogP contribution < -0.4 is 10.3 Å². The van der Waals surface area contributed by atoms with Crippen LogP contribution in [0.1, 0.15) is 48.7 Å². The topological polar surface area (TPSA) is 96.1 Å². The molecule has 1 aliphatic heterocycles. The summed E-state index contributed by atoms with van der Waals surface area (Å²) in [6.07, 6.45) is 4.74. The molecule has 32 heavy (non-hydrogen) atoms. The molecule has 1 saturated carbocycles. The van der Waals surface area contributed by atoms with Crippen LogP contribution in [0.25, 0.3) is 11.0 Å². The van der Waals surface area contributed by atoms with E-state index in [2.05, 4.69) is 20.1 Å². The molecule has 0 spiro atoms. The van der Waals surface area contributed by atoms with Crippen molar-refractivity contribution >= 4 is 11.0 Å². The molecule has 5 rings (SSSR count). The molecule has 9 heteroatoms. The Bertz CT molecular complexity index is 1130. The average Bonchev–Trinajstić information content (AvgIpc) is 3.46. The highest BCUT2D eigenvalue weighted by Gasteiger charge is 2.24. The first-order valence-electron chi connectivity index (χ1n) is 11.4. The number of hydrogen-bond acceptors (Lipinski definition) is 6. The average molecular weight is 442 g/mol. The van der Waals surface area contributed by atoms with Crippen molar-refractivity contribution in [3.05, 3.63) is 51.5 Å². The van der Waals surface area contributed by atoms with Gasteiger partial charge >= 0.3 is 0 Å². The van der Waals surface area contributed by atoms with Crippen molar-refractivity contribution in [1.82, 2.24) is 25.1 Å². The van der Waals surface area contributed by atoms with E-state index in [9.17, 15) is 9.18 Å². The minimum absolute atomic E-state index is 0.257. The Morgan fingerprint density at radius 3 is 2.84 bits per heavy atom. The third-order valence-corrected chi connectivity index (χ3v) is 6.39. The predicted octanol–water partition coefficient (Wildman–Crippen LogP) is 2.74. The van der Waals surface area contributed by atoms with Crippen LogP contribution in [-0.4, -0.2) is 64.5 Å². The fourth-order valence-corrected chi connectivity index (χ4v) is 4.66. The van der Waals surface area contributed by atoms with E-state index in [4.69, 9.17) is 14.5 Å². The van der Waals surface area contributed by atoms with E-state index in [1.807, 2.05) is 0 Å². The third-order valence-electron chi connectivity index (χ3n) is 6.39. The Hall–Kier alpha value is -2.78. The smallest absolute Gasteiger partial charge is 0.276 e. The summed E-state index contributed by atoms with van der Waals surface area (Å²) < 4.78 is 25.4. The number of aromatic nitrogens is 4. The largest absolute Gasteiger partial charge is 0.492 e. The fraction of sp³-hybridized carbons (Fsp3) is 0.522. The highest BCUT2D eigenvalue weighted by atomic mass is 19.1. The van der Waals surface area contributed by atoms with E-state index in [0.717, 1.165) is 51.4 Å². The molecule has 0 atom stereocenters. The van der Waals surface area contributed by atoms with Crippen molar-refractivity contribution in [1.29, 1.82) is 0 Å². The number of benzene rings is 1. The number of nitrogens with zero attached hydrogens (tertiary/aromatic N) is 3. The molecule has 2 aromatic heterocycles. The number of nitrogens with one attached hydrogen (secondary N) is 2. The first kappa shape index (κ1) is 21.1. The van der Waals surface area contributed by atoms with Gasteiger partial charge in [0.05, 0.1) is 18.9 Å². The predicted molar refractivity (Wildman–Crippen MR) is 118 cm³/mol. The zero-order valence-corrected chi connectivity index (χ0v) is 18.0. The normalized spacial score (nSPS) is 17.9. The van der Waals surface area contributed by atoms with Gasteiger partial charge in [0, 0.05) is 37.5 Å². The summed E-state index contributed by atoms with van der Waals surface area (Å²) >= 11 is 0. The second kappa shape index (κ2) is 9.38. The van der Waals surface area contributed by atoms with Crippen molar-refractivity contribution in [3.63, 3.8) is 0 Å². The van der Waals surface area contributed by atoms with Crippen LogP contribution in [0.4, 0.5) is 4.39 Å². The summed E-state index contributed by atoms with van der Waals surface area (Å²) in [5.74, 6) is 1.07. The lowest BCUT2D eigenvalue weighted by Gasteiger charge is -2.26. The number of H-pyrrole nitrogens is 2. The molecule has 1 aliphatic carbocycles. The van der Waals surface area contributed by atoms with Crippen molar-refractivity contribution in [2.45, 2.75) is 38.0 Å². The van der Waals surface area contributed by atoms with Crippen LogP contribution in [0.2, 0.25) is 0 Å². The molecule has 2 N–H and O–H groups in total. The standard InChI is InChI=1S/C23H28FN5O3/c24-17-5-6-18(32-12-9-29-7-10-31-11-8-29)16(13-17)14-19-25-21-20(15-3-1-2-4-15)27-28-22(21)23(30)26-19/h5-6,13,15H,1-4,7-12,14H2,(H,27,28)(H,25,26,30). The van der Waals surface area contributed by atoms with Gasteiger partial charge in [0.1, 0.15) is 35.0 Å². The van der Waals surface area contributed by atoms with Crippen LogP contribution in [0, 0.1) is 5.82 Å². The van der Waals surface area contributed by atoms with Crippen LogP contribution in [0.5, 0.6) is 5.75 Å². The van der Waals surface area contributed by atoms with Crippen LogP contribution >= 0.6 is 0 Å². The van der Waals surface area contributed by atoms with Gasteiger partial charge in [0.15, 0.2) is 0 Å². The number of aromatic amines is 2. The van der Waals surface area contributed by atoms with E-state index in [1.54, 1.807) is 6.07 Å². The van der Waals surface area contributed by atoms with Gasteiger partial charge in [-0.1, -0.05) is 12.8 Å². The Morgan fingerprint density at radius 2 is 2.03 bits per heavy atom. The monoisotopic (exact) mass is 441 g/mol. The zero-order valence-electron chi connectivity index (χ0n) is 18.0. The Morgan fingerprint density at radius 1 is 1.22 bits per heavy atom. The Labute approximate surface area is 185 Å². The third kappa shape index (κ3) is 4.54. The van der Waals surface area contributed by atoms with E-state index in [-0.39, 0.29) is 17.8 Å². The molecule has 0 radical (unpaired) electrons. The zero-order chi connectivity index (χ0) is 21.9. The van der Waals surface area contributed by atoms with Crippen LogP contribution in [0.15, 0.2) is 23.0 Å². The molecule has 0 amide bonds. The fourth-order valence-electron chi connectivity index (χ4n) is 4.66. The van der Waals surface area contributed by atoms with Crippen LogP contribution in [0.3, 0.4) is 0 Å². The van der Waals surface area contributed by atoms with Gasteiger partial charge in [-0.15, -0.1) is 0 Å². The van der Waals surface area contributed by atoms with E-state index in [0.29, 0.717) is 40.7 Å². The molecular formula is C23H28FN5O3. The first-order chi connectivity index (χ1) is 15.7. The second-order valence-corrected chi connectivity index (χ2v) is 8.56. The van der Waals surface area contributed by atoms with Gasteiger partial charge in [-0.25, -0.2) is 9.37 Å². The minimum atomic E-state index is -0.348. The van der Waals surface area contributed by atoms with Gasteiger partial charge in [0.25, 0.3) is 5.56 Å². The highest BCUT2D eigenvalue weighted by Crippen LogP contribution is 2.35.